The van der Waals surface area contributed by atoms with Crippen molar-refractivity contribution in [2.75, 3.05) is 20.3 Å². The number of aromatic nitrogens is 2. The Morgan fingerprint density at radius 3 is 2.71 bits per heavy atom. The molecule has 0 bridgehead atoms. The van der Waals surface area contributed by atoms with E-state index < -0.39 is 0 Å². The maximum Gasteiger partial charge on any atom is 0.251 e. The van der Waals surface area contributed by atoms with Crippen molar-refractivity contribution < 1.29 is 14.3 Å². The van der Waals surface area contributed by atoms with E-state index in [4.69, 9.17) is 26.1 Å². The van der Waals surface area contributed by atoms with Gasteiger partial charge in [0, 0.05) is 30.1 Å². The number of amides is 1. The zero-order valence-electron chi connectivity index (χ0n) is 20.1. The highest BCUT2D eigenvalue weighted by Crippen LogP contribution is 2.22. The first kappa shape index (κ1) is 24.6. The van der Waals surface area contributed by atoms with E-state index in [0.717, 1.165) is 59.0 Å². The van der Waals surface area contributed by atoms with Gasteiger partial charge in [-0.15, -0.1) is 0 Å². The summed E-state index contributed by atoms with van der Waals surface area (Å²) in [5, 5.41) is 3.73. The molecule has 7 heteroatoms. The summed E-state index contributed by atoms with van der Waals surface area (Å²) in [6, 6.07) is 21.0. The number of hydrogen-bond acceptors (Lipinski definition) is 4. The summed E-state index contributed by atoms with van der Waals surface area (Å²) < 4.78 is 13.4. The summed E-state index contributed by atoms with van der Waals surface area (Å²) in [6.45, 7) is 3.94. The van der Waals surface area contributed by atoms with Crippen LogP contribution in [0.15, 0.2) is 66.7 Å². The molecule has 0 saturated heterocycles. The molecule has 35 heavy (non-hydrogen) atoms. The molecule has 0 spiro atoms. The number of carbonyl (C=O) groups is 1. The first-order valence-corrected chi connectivity index (χ1v) is 12.2. The Kier molecular flexibility index (Phi) is 8.27. The Balaban J connectivity index is 1.32. The Morgan fingerprint density at radius 2 is 1.89 bits per heavy atom. The zero-order valence-corrected chi connectivity index (χ0v) is 20.8. The van der Waals surface area contributed by atoms with Crippen LogP contribution in [-0.2, 0) is 13.0 Å². The van der Waals surface area contributed by atoms with Crippen molar-refractivity contribution in [2.45, 2.75) is 32.7 Å². The number of methoxy groups -OCH3 is 1. The van der Waals surface area contributed by atoms with Gasteiger partial charge in [-0.1, -0.05) is 29.8 Å². The predicted molar refractivity (Wildman–Crippen MR) is 140 cm³/mol. The van der Waals surface area contributed by atoms with E-state index in [0.29, 0.717) is 24.5 Å². The smallest absolute Gasteiger partial charge is 0.251 e. The maximum atomic E-state index is 12.5. The average Bonchev–Trinajstić information content (AvgIpc) is 3.23. The summed E-state index contributed by atoms with van der Waals surface area (Å²) >= 11 is 6.10. The second-order valence-electron chi connectivity index (χ2n) is 8.37. The lowest BCUT2D eigenvalue weighted by Gasteiger charge is -2.11. The Bertz CT molecular complexity index is 1300. The van der Waals surface area contributed by atoms with Gasteiger partial charge in [0.1, 0.15) is 17.3 Å². The van der Waals surface area contributed by atoms with Crippen molar-refractivity contribution in [3.8, 4) is 11.5 Å². The van der Waals surface area contributed by atoms with Crippen LogP contribution in [0.2, 0.25) is 5.02 Å². The van der Waals surface area contributed by atoms with Crippen LogP contribution >= 0.6 is 11.6 Å². The normalized spacial score (nSPS) is 10.9. The van der Waals surface area contributed by atoms with Crippen LogP contribution in [-0.4, -0.2) is 35.7 Å². The molecule has 1 N–H and O–H groups in total. The third-order valence-corrected chi connectivity index (χ3v) is 6.28. The molecular weight excluding hydrogens is 462 g/mol. The van der Waals surface area contributed by atoms with E-state index in [2.05, 4.69) is 16.0 Å². The summed E-state index contributed by atoms with van der Waals surface area (Å²) in [4.78, 5) is 17.3. The highest BCUT2D eigenvalue weighted by Gasteiger charge is 2.11. The third-order valence-electron chi connectivity index (χ3n) is 5.85. The number of para-hydroxylation sites is 2. The van der Waals surface area contributed by atoms with E-state index in [1.807, 2.05) is 55.5 Å². The van der Waals surface area contributed by atoms with Crippen molar-refractivity contribution in [1.82, 2.24) is 14.9 Å². The molecule has 1 amide bonds. The fraction of sp³-hybridized carbons (Fsp3) is 0.286. The molecule has 0 unspecified atom stereocenters. The Morgan fingerprint density at radius 1 is 1.03 bits per heavy atom. The maximum absolute atomic E-state index is 12.5. The number of rotatable bonds is 11. The van der Waals surface area contributed by atoms with Crippen molar-refractivity contribution in [2.24, 2.45) is 0 Å². The molecular formula is C28H30ClN3O3. The van der Waals surface area contributed by atoms with Crippen molar-refractivity contribution in [1.29, 1.82) is 0 Å². The van der Waals surface area contributed by atoms with Gasteiger partial charge in [-0.25, -0.2) is 4.98 Å². The van der Waals surface area contributed by atoms with E-state index in [1.165, 1.54) is 0 Å². The highest BCUT2D eigenvalue weighted by molar-refractivity contribution is 6.31. The van der Waals surface area contributed by atoms with Gasteiger partial charge >= 0.3 is 0 Å². The number of imidazole rings is 1. The number of carbonyl (C=O) groups excluding carboxylic acids is 1. The van der Waals surface area contributed by atoms with Crippen LogP contribution in [0.1, 0.15) is 34.6 Å². The number of halogens is 1. The first-order chi connectivity index (χ1) is 17.0. The van der Waals surface area contributed by atoms with Gasteiger partial charge in [0.15, 0.2) is 0 Å². The number of nitrogens with zero attached hydrogens (tertiary/aromatic N) is 2. The molecule has 0 atom stereocenters. The molecule has 6 nitrogen and oxygen atoms in total. The molecule has 3 aromatic carbocycles. The van der Waals surface area contributed by atoms with Gasteiger partial charge in [-0.2, -0.15) is 0 Å². The van der Waals surface area contributed by atoms with Gasteiger partial charge in [0.2, 0.25) is 0 Å². The van der Waals surface area contributed by atoms with E-state index >= 15 is 0 Å². The van der Waals surface area contributed by atoms with Crippen LogP contribution in [0.25, 0.3) is 11.0 Å². The second kappa shape index (κ2) is 11.8. The molecule has 0 radical (unpaired) electrons. The molecule has 0 aliphatic heterocycles. The molecule has 1 aromatic heterocycles. The lowest BCUT2D eigenvalue weighted by Crippen LogP contribution is -2.25. The molecule has 1 heterocycles. The minimum absolute atomic E-state index is 0.105. The lowest BCUT2D eigenvalue weighted by molar-refractivity contribution is 0.0952. The monoisotopic (exact) mass is 491 g/mol. The van der Waals surface area contributed by atoms with Gasteiger partial charge < -0.3 is 19.4 Å². The number of nitrogens with one attached hydrogen (secondary N) is 1. The molecule has 0 aliphatic rings. The zero-order chi connectivity index (χ0) is 24.6. The molecule has 4 rings (SSSR count). The van der Waals surface area contributed by atoms with E-state index in [-0.39, 0.29) is 5.91 Å². The van der Waals surface area contributed by atoms with Crippen LogP contribution in [0.3, 0.4) is 0 Å². The summed E-state index contributed by atoms with van der Waals surface area (Å²) in [7, 11) is 1.59. The molecule has 182 valence electrons. The van der Waals surface area contributed by atoms with E-state index in [9.17, 15) is 4.79 Å². The molecule has 0 saturated carbocycles. The number of fused-ring (bicyclic) bond motifs is 1. The van der Waals surface area contributed by atoms with Crippen molar-refractivity contribution in [3.05, 3.63) is 88.7 Å². The number of hydrogen-bond donors (Lipinski definition) is 1. The fourth-order valence-electron chi connectivity index (χ4n) is 4.00. The van der Waals surface area contributed by atoms with Crippen molar-refractivity contribution >= 4 is 28.5 Å². The highest BCUT2D eigenvalue weighted by atomic mass is 35.5. The topological polar surface area (TPSA) is 65.4 Å². The lowest BCUT2D eigenvalue weighted by atomic mass is 10.2. The Hall–Kier alpha value is -3.51. The number of aryl methyl sites for hydroxylation is 3. The number of benzene rings is 3. The minimum Gasteiger partial charge on any atom is -0.497 e. The van der Waals surface area contributed by atoms with E-state index in [1.54, 1.807) is 19.2 Å². The predicted octanol–water partition coefficient (Wildman–Crippen LogP) is 5.84. The second-order valence-corrected chi connectivity index (χ2v) is 8.78. The minimum atomic E-state index is -0.105. The first-order valence-electron chi connectivity index (χ1n) is 11.8. The van der Waals surface area contributed by atoms with Crippen LogP contribution in [0.4, 0.5) is 0 Å². The van der Waals surface area contributed by atoms with Crippen LogP contribution in [0.5, 0.6) is 11.5 Å². The standard InChI is InChI=1S/C28H30ClN3O3/c1-20-18-23(13-14-24(20)29)35-17-7-16-32-26-11-4-3-10-25(26)31-27(32)12-6-15-30-28(33)21-8-5-9-22(19-21)34-2/h3-5,8-11,13-14,18-19H,6-7,12,15-17H2,1-2H3,(H,30,33). The number of ether oxygens (including phenoxy) is 2. The summed E-state index contributed by atoms with van der Waals surface area (Å²) in [5.41, 5.74) is 3.69. The van der Waals surface area contributed by atoms with Crippen LogP contribution < -0.4 is 14.8 Å². The summed E-state index contributed by atoms with van der Waals surface area (Å²) in [6.07, 6.45) is 2.41. The molecule has 4 aromatic rings. The van der Waals surface area contributed by atoms with Gasteiger partial charge in [-0.3, -0.25) is 4.79 Å². The SMILES string of the molecule is COc1cccc(C(=O)NCCCc2nc3ccccc3n2CCCOc2ccc(Cl)c(C)c2)c1. The average molecular weight is 492 g/mol. The molecule has 0 aliphatic carbocycles. The molecule has 0 fully saturated rings. The van der Waals surface area contributed by atoms with Gasteiger partial charge in [-0.05, 0) is 73.9 Å². The third kappa shape index (κ3) is 6.34. The van der Waals surface area contributed by atoms with Gasteiger partial charge in [0.25, 0.3) is 5.91 Å². The Labute approximate surface area is 210 Å². The summed E-state index contributed by atoms with van der Waals surface area (Å²) in [5.74, 6) is 2.41. The quantitative estimate of drug-likeness (QED) is 0.268. The largest absolute Gasteiger partial charge is 0.497 e. The van der Waals surface area contributed by atoms with Crippen LogP contribution in [0, 0.1) is 6.92 Å². The fourth-order valence-corrected chi connectivity index (χ4v) is 4.12. The van der Waals surface area contributed by atoms with Crippen molar-refractivity contribution in [3.63, 3.8) is 0 Å². The van der Waals surface area contributed by atoms with Gasteiger partial charge in [0.05, 0.1) is 24.8 Å².